The Balaban J connectivity index is 1.29. The number of hydrogen-bond acceptors (Lipinski definition) is 5. The molecule has 1 heterocycles. The number of anilines is 2. The molecule has 0 radical (unpaired) electrons. The van der Waals surface area contributed by atoms with Crippen LogP contribution in [0.1, 0.15) is 17.5 Å². The fraction of sp³-hybridized carbons (Fsp3) is 0.357. The number of ether oxygens (including phenoxy) is 2. The molecule has 0 saturated carbocycles. The van der Waals surface area contributed by atoms with Gasteiger partial charge in [0.1, 0.15) is 24.2 Å². The number of rotatable bonds is 10. The van der Waals surface area contributed by atoms with Crippen molar-refractivity contribution in [1.82, 2.24) is 4.90 Å². The number of aryl methyl sites for hydroxylation is 2. The molecule has 1 atom stereocenters. The van der Waals surface area contributed by atoms with Crippen molar-refractivity contribution in [3.8, 4) is 11.5 Å². The van der Waals surface area contributed by atoms with E-state index in [2.05, 4.69) is 65.4 Å². The van der Waals surface area contributed by atoms with E-state index >= 15 is 0 Å². The molecular weight excluding hydrogens is 412 g/mol. The monoisotopic (exact) mass is 446 g/mol. The lowest BCUT2D eigenvalue weighted by Gasteiger charge is -2.28. The van der Waals surface area contributed by atoms with Crippen LogP contribution in [0.5, 0.6) is 11.5 Å². The summed E-state index contributed by atoms with van der Waals surface area (Å²) in [4.78, 5) is 4.65. The van der Waals surface area contributed by atoms with Crippen LogP contribution in [0.25, 0.3) is 0 Å². The third-order valence-corrected chi connectivity index (χ3v) is 6.17. The lowest BCUT2D eigenvalue weighted by atomic mass is 10.0. The zero-order valence-corrected chi connectivity index (χ0v) is 19.6. The maximum absolute atomic E-state index is 10.4. The van der Waals surface area contributed by atoms with Gasteiger partial charge in [-0.1, -0.05) is 36.4 Å². The predicted octanol–water partition coefficient (Wildman–Crippen LogP) is 4.69. The second kappa shape index (κ2) is 11.2. The molecule has 5 nitrogen and oxygen atoms in total. The number of nitrogens with zero attached hydrogens (tertiary/aromatic N) is 2. The Labute approximate surface area is 197 Å². The summed E-state index contributed by atoms with van der Waals surface area (Å²) in [6.45, 7) is 2.68. The molecule has 1 aliphatic rings. The fourth-order valence-electron chi connectivity index (χ4n) is 4.48. The Kier molecular flexibility index (Phi) is 7.87. The molecule has 1 N–H and O–H groups in total. The average molecular weight is 447 g/mol. The van der Waals surface area contributed by atoms with Crippen molar-refractivity contribution < 1.29 is 14.6 Å². The second-order valence-electron chi connectivity index (χ2n) is 8.67. The first-order valence-corrected chi connectivity index (χ1v) is 11.7. The highest BCUT2D eigenvalue weighted by Crippen LogP contribution is 2.35. The minimum Gasteiger partial charge on any atom is -0.497 e. The van der Waals surface area contributed by atoms with Gasteiger partial charge in [-0.15, -0.1) is 0 Å². The van der Waals surface area contributed by atoms with Gasteiger partial charge in [0, 0.05) is 24.5 Å². The minimum absolute atomic E-state index is 0.267. The van der Waals surface area contributed by atoms with Crippen molar-refractivity contribution in [2.24, 2.45) is 0 Å². The van der Waals surface area contributed by atoms with Gasteiger partial charge in [-0.05, 0) is 80.4 Å². The summed E-state index contributed by atoms with van der Waals surface area (Å²) in [6.07, 6.45) is 2.61. The first-order valence-electron chi connectivity index (χ1n) is 11.7. The standard InChI is InChI=1S/C28H34N2O3/c1-29(20-24(31)21-33-26-16-14-25(32-2)15-17-26)18-7-19-30-27-10-5-3-8-22(27)12-13-23-9-4-6-11-28(23)30/h3-6,8-11,14-17,24,31H,7,12-13,18-21H2,1-2H3. The number of para-hydroxylation sites is 2. The zero-order valence-electron chi connectivity index (χ0n) is 19.6. The van der Waals surface area contributed by atoms with Gasteiger partial charge in [0.15, 0.2) is 0 Å². The van der Waals surface area contributed by atoms with Crippen LogP contribution < -0.4 is 14.4 Å². The van der Waals surface area contributed by atoms with Crippen molar-refractivity contribution in [2.75, 3.05) is 45.3 Å². The third-order valence-electron chi connectivity index (χ3n) is 6.17. The van der Waals surface area contributed by atoms with E-state index in [4.69, 9.17) is 9.47 Å². The molecule has 0 fully saturated rings. The molecule has 3 aromatic carbocycles. The topological polar surface area (TPSA) is 45.2 Å². The maximum atomic E-state index is 10.4. The van der Waals surface area contributed by atoms with E-state index in [1.807, 2.05) is 24.3 Å². The molecule has 3 aromatic rings. The van der Waals surface area contributed by atoms with Crippen molar-refractivity contribution in [3.05, 3.63) is 83.9 Å². The summed E-state index contributed by atoms with van der Waals surface area (Å²) in [5.74, 6) is 1.52. The van der Waals surface area contributed by atoms with E-state index in [1.165, 1.54) is 22.5 Å². The van der Waals surface area contributed by atoms with Crippen LogP contribution in [-0.2, 0) is 12.8 Å². The van der Waals surface area contributed by atoms with E-state index in [-0.39, 0.29) is 6.61 Å². The molecule has 5 heteroatoms. The molecule has 0 amide bonds. The number of likely N-dealkylation sites (N-methyl/N-ethyl adjacent to an activating group) is 1. The van der Waals surface area contributed by atoms with E-state index in [1.54, 1.807) is 7.11 Å². The molecule has 33 heavy (non-hydrogen) atoms. The quantitative estimate of drug-likeness (QED) is 0.489. The number of hydrogen-bond donors (Lipinski definition) is 1. The number of benzene rings is 3. The van der Waals surface area contributed by atoms with Gasteiger partial charge in [-0.25, -0.2) is 0 Å². The van der Waals surface area contributed by atoms with E-state index in [0.29, 0.717) is 6.54 Å². The third kappa shape index (κ3) is 6.06. The van der Waals surface area contributed by atoms with E-state index < -0.39 is 6.10 Å². The van der Waals surface area contributed by atoms with Crippen LogP contribution in [-0.4, -0.2) is 56.5 Å². The Morgan fingerprint density at radius 1 is 0.879 bits per heavy atom. The first-order chi connectivity index (χ1) is 16.1. The van der Waals surface area contributed by atoms with Crippen molar-refractivity contribution in [3.63, 3.8) is 0 Å². The van der Waals surface area contributed by atoms with Crippen LogP contribution in [0.4, 0.5) is 11.4 Å². The molecule has 0 saturated heterocycles. The van der Waals surface area contributed by atoms with Crippen molar-refractivity contribution in [2.45, 2.75) is 25.4 Å². The minimum atomic E-state index is -0.545. The highest BCUT2D eigenvalue weighted by Gasteiger charge is 2.20. The van der Waals surface area contributed by atoms with Gasteiger partial charge < -0.3 is 24.4 Å². The smallest absolute Gasteiger partial charge is 0.119 e. The fourth-order valence-corrected chi connectivity index (χ4v) is 4.48. The van der Waals surface area contributed by atoms with E-state index in [0.717, 1.165) is 43.9 Å². The van der Waals surface area contributed by atoms with Crippen LogP contribution in [0.3, 0.4) is 0 Å². The summed E-state index contributed by atoms with van der Waals surface area (Å²) in [5.41, 5.74) is 5.46. The highest BCUT2D eigenvalue weighted by molar-refractivity contribution is 5.71. The summed E-state index contributed by atoms with van der Waals surface area (Å²) >= 11 is 0. The Morgan fingerprint density at radius 2 is 1.45 bits per heavy atom. The van der Waals surface area contributed by atoms with Crippen LogP contribution in [0.15, 0.2) is 72.8 Å². The zero-order chi connectivity index (χ0) is 23.0. The predicted molar refractivity (Wildman–Crippen MR) is 134 cm³/mol. The number of aliphatic hydroxyl groups is 1. The summed E-state index contributed by atoms with van der Waals surface area (Å²) in [7, 11) is 3.70. The molecule has 0 aromatic heterocycles. The van der Waals surface area contributed by atoms with Crippen molar-refractivity contribution in [1.29, 1.82) is 0 Å². The average Bonchev–Trinajstić information content (AvgIpc) is 3.00. The lowest BCUT2D eigenvalue weighted by Crippen LogP contribution is -2.34. The van der Waals surface area contributed by atoms with Gasteiger partial charge >= 0.3 is 0 Å². The Morgan fingerprint density at radius 3 is 2.06 bits per heavy atom. The van der Waals surface area contributed by atoms with Gasteiger partial charge in [-0.3, -0.25) is 0 Å². The number of fused-ring (bicyclic) bond motifs is 2. The summed E-state index contributed by atoms with van der Waals surface area (Å²) < 4.78 is 10.9. The first kappa shape index (κ1) is 23.1. The SMILES string of the molecule is COc1ccc(OCC(O)CN(C)CCCN2c3ccccc3CCc3ccccc32)cc1. The van der Waals surface area contributed by atoms with Gasteiger partial charge in [0.05, 0.1) is 7.11 Å². The Bertz CT molecular complexity index is 974. The van der Waals surface area contributed by atoms with Gasteiger partial charge in [0.25, 0.3) is 0 Å². The maximum Gasteiger partial charge on any atom is 0.119 e. The molecule has 4 rings (SSSR count). The normalized spacial score (nSPS) is 13.8. The number of aliphatic hydroxyl groups excluding tert-OH is 1. The summed E-state index contributed by atoms with van der Waals surface area (Å²) in [6, 6.07) is 24.9. The highest BCUT2D eigenvalue weighted by atomic mass is 16.5. The molecule has 1 aliphatic heterocycles. The second-order valence-corrected chi connectivity index (χ2v) is 8.67. The molecule has 174 valence electrons. The molecule has 0 bridgehead atoms. The van der Waals surface area contributed by atoms with Gasteiger partial charge in [-0.2, -0.15) is 0 Å². The lowest BCUT2D eigenvalue weighted by molar-refractivity contribution is 0.0762. The molecular formula is C28H34N2O3. The van der Waals surface area contributed by atoms with Crippen molar-refractivity contribution >= 4 is 11.4 Å². The molecule has 1 unspecified atom stereocenters. The van der Waals surface area contributed by atoms with Crippen LogP contribution in [0, 0.1) is 0 Å². The Hall–Kier alpha value is -3.02. The van der Waals surface area contributed by atoms with Crippen LogP contribution in [0.2, 0.25) is 0 Å². The largest absolute Gasteiger partial charge is 0.497 e. The van der Waals surface area contributed by atoms with E-state index in [9.17, 15) is 5.11 Å². The van der Waals surface area contributed by atoms with Crippen LogP contribution >= 0.6 is 0 Å². The van der Waals surface area contributed by atoms with Gasteiger partial charge in [0.2, 0.25) is 0 Å². The number of methoxy groups -OCH3 is 1. The molecule has 0 aliphatic carbocycles. The summed E-state index contributed by atoms with van der Waals surface area (Å²) in [5, 5.41) is 10.4. The molecule has 0 spiro atoms.